The third kappa shape index (κ3) is 3.35. The Morgan fingerprint density at radius 1 is 1.12 bits per heavy atom. The highest BCUT2D eigenvalue weighted by molar-refractivity contribution is 4.86. The van der Waals surface area contributed by atoms with Gasteiger partial charge in [0.25, 0.3) is 0 Å². The van der Waals surface area contributed by atoms with E-state index in [1.807, 2.05) is 0 Å². The molecule has 1 unspecified atom stereocenters. The lowest BCUT2D eigenvalue weighted by Crippen LogP contribution is -2.52. The van der Waals surface area contributed by atoms with Gasteiger partial charge in [0.05, 0.1) is 6.54 Å². The van der Waals surface area contributed by atoms with E-state index in [4.69, 9.17) is 0 Å². The first-order valence-electron chi connectivity index (χ1n) is 6.09. The fraction of sp³-hybridized carbons (Fsp3) is 1.00. The Bertz CT molecular complexity index is 226. The summed E-state index contributed by atoms with van der Waals surface area (Å²) in [6.07, 6.45) is 1.55. The van der Waals surface area contributed by atoms with Crippen molar-refractivity contribution in [3.8, 4) is 0 Å². The number of alkyl halides is 3. The molecule has 1 N–H and O–H groups in total. The molecule has 2 aliphatic rings. The number of nitrogens with one attached hydrogen (secondary N) is 1. The van der Waals surface area contributed by atoms with Crippen molar-refractivity contribution in [3.63, 3.8) is 0 Å². The van der Waals surface area contributed by atoms with E-state index in [0.29, 0.717) is 6.04 Å². The van der Waals surface area contributed by atoms with Crippen LogP contribution in [0.4, 0.5) is 13.2 Å². The van der Waals surface area contributed by atoms with Crippen molar-refractivity contribution in [3.05, 3.63) is 0 Å². The van der Waals surface area contributed by atoms with Gasteiger partial charge in [0, 0.05) is 18.6 Å². The lowest BCUT2D eigenvalue weighted by atomic mass is 9.89. The molecule has 1 aliphatic carbocycles. The predicted molar refractivity (Wildman–Crippen MR) is 56.3 cm³/mol. The summed E-state index contributed by atoms with van der Waals surface area (Å²) in [6.45, 7) is 1.01. The Labute approximate surface area is 94.2 Å². The molecule has 0 aromatic rings. The van der Waals surface area contributed by atoms with Crippen molar-refractivity contribution in [2.75, 3.05) is 19.6 Å². The van der Waals surface area contributed by atoms with Crippen LogP contribution in [0.1, 0.15) is 32.1 Å². The molecule has 0 radical (unpaired) electrons. The molecule has 0 spiro atoms. The first-order valence-corrected chi connectivity index (χ1v) is 6.09. The van der Waals surface area contributed by atoms with E-state index in [-0.39, 0.29) is 6.04 Å². The van der Waals surface area contributed by atoms with E-state index in [1.54, 1.807) is 0 Å². The summed E-state index contributed by atoms with van der Waals surface area (Å²) in [4.78, 5) is 2.36. The standard InChI is InChI=1S/C11H19F3N2/c12-11(13,14)8-15-9-3-2-6-16(7-9)10-4-1-5-10/h9-10,15H,1-8H2. The van der Waals surface area contributed by atoms with E-state index < -0.39 is 12.7 Å². The fourth-order valence-electron chi connectivity index (χ4n) is 2.52. The Morgan fingerprint density at radius 2 is 1.88 bits per heavy atom. The molecule has 1 saturated heterocycles. The molecule has 1 heterocycles. The molecule has 0 bridgehead atoms. The third-order valence-corrected chi connectivity index (χ3v) is 3.64. The quantitative estimate of drug-likeness (QED) is 0.807. The number of hydrogen-bond acceptors (Lipinski definition) is 2. The van der Waals surface area contributed by atoms with Crippen LogP contribution < -0.4 is 5.32 Å². The Balaban J connectivity index is 1.73. The van der Waals surface area contributed by atoms with Crippen molar-refractivity contribution in [2.24, 2.45) is 0 Å². The Morgan fingerprint density at radius 3 is 2.44 bits per heavy atom. The van der Waals surface area contributed by atoms with Crippen LogP contribution in [-0.4, -0.2) is 42.8 Å². The molecule has 16 heavy (non-hydrogen) atoms. The van der Waals surface area contributed by atoms with Crippen molar-refractivity contribution in [1.29, 1.82) is 0 Å². The minimum Gasteiger partial charge on any atom is -0.305 e. The van der Waals surface area contributed by atoms with Crippen LogP contribution in [0.25, 0.3) is 0 Å². The Hall–Kier alpha value is -0.290. The molecule has 0 aromatic carbocycles. The van der Waals surface area contributed by atoms with Gasteiger partial charge in [-0.15, -0.1) is 0 Å². The van der Waals surface area contributed by atoms with E-state index in [2.05, 4.69) is 10.2 Å². The van der Waals surface area contributed by atoms with Gasteiger partial charge in [-0.25, -0.2) is 0 Å². The van der Waals surface area contributed by atoms with Gasteiger partial charge in [0.1, 0.15) is 0 Å². The monoisotopic (exact) mass is 236 g/mol. The molecular formula is C11H19F3N2. The first-order chi connectivity index (χ1) is 7.54. The van der Waals surface area contributed by atoms with Gasteiger partial charge in [-0.1, -0.05) is 6.42 Å². The maximum Gasteiger partial charge on any atom is 0.401 e. The van der Waals surface area contributed by atoms with Crippen LogP contribution in [0.15, 0.2) is 0 Å². The van der Waals surface area contributed by atoms with Crippen LogP contribution >= 0.6 is 0 Å². The summed E-state index contributed by atoms with van der Waals surface area (Å²) < 4.78 is 36.2. The maximum atomic E-state index is 12.1. The molecule has 0 amide bonds. The van der Waals surface area contributed by atoms with Crippen LogP contribution in [0.3, 0.4) is 0 Å². The Kier molecular flexibility index (Phi) is 3.74. The first kappa shape index (κ1) is 12.2. The average Bonchev–Trinajstić information content (AvgIpc) is 2.12. The molecule has 2 rings (SSSR count). The van der Waals surface area contributed by atoms with E-state index in [0.717, 1.165) is 25.9 Å². The van der Waals surface area contributed by atoms with Gasteiger partial charge in [-0.3, -0.25) is 4.90 Å². The smallest absolute Gasteiger partial charge is 0.305 e. The highest BCUT2D eigenvalue weighted by atomic mass is 19.4. The van der Waals surface area contributed by atoms with Gasteiger partial charge in [0.15, 0.2) is 0 Å². The summed E-state index contributed by atoms with van der Waals surface area (Å²) in [5.41, 5.74) is 0. The predicted octanol–water partition coefficient (Wildman–Crippen LogP) is 2.16. The molecular weight excluding hydrogens is 217 g/mol. The summed E-state index contributed by atoms with van der Waals surface area (Å²) in [5.74, 6) is 0. The summed E-state index contributed by atoms with van der Waals surface area (Å²) in [7, 11) is 0. The topological polar surface area (TPSA) is 15.3 Å². The molecule has 94 valence electrons. The zero-order chi connectivity index (χ0) is 11.6. The summed E-state index contributed by atoms with van der Waals surface area (Å²) in [6, 6.07) is 0.673. The molecule has 0 aromatic heterocycles. The van der Waals surface area contributed by atoms with Gasteiger partial charge in [0.2, 0.25) is 0 Å². The molecule has 1 aliphatic heterocycles. The van der Waals surface area contributed by atoms with Crippen molar-refractivity contribution in [1.82, 2.24) is 10.2 Å². The molecule has 2 fully saturated rings. The second-order valence-electron chi connectivity index (χ2n) is 4.91. The van der Waals surface area contributed by atoms with E-state index in [9.17, 15) is 13.2 Å². The van der Waals surface area contributed by atoms with Crippen LogP contribution in [0.2, 0.25) is 0 Å². The minimum absolute atomic E-state index is 0.0241. The van der Waals surface area contributed by atoms with Crippen LogP contribution in [0.5, 0.6) is 0 Å². The number of likely N-dealkylation sites (tertiary alicyclic amines) is 1. The third-order valence-electron chi connectivity index (χ3n) is 3.64. The van der Waals surface area contributed by atoms with Gasteiger partial charge >= 0.3 is 6.18 Å². The molecule has 1 saturated carbocycles. The SMILES string of the molecule is FC(F)(F)CNC1CCCN(C2CCC2)C1. The van der Waals surface area contributed by atoms with Crippen LogP contribution in [0, 0.1) is 0 Å². The van der Waals surface area contributed by atoms with Crippen molar-refractivity contribution >= 4 is 0 Å². The maximum absolute atomic E-state index is 12.1. The zero-order valence-corrected chi connectivity index (χ0v) is 9.39. The van der Waals surface area contributed by atoms with E-state index >= 15 is 0 Å². The molecule has 1 atom stereocenters. The summed E-state index contributed by atoms with van der Waals surface area (Å²) >= 11 is 0. The molecule has 5 heteroatoms. The van der Waals surface area contributed by atoms with Gasteiger partial charge in [-0.05, 0) is 32.2 Å². The number of piperidine rings is 1. The second kappa shape index (κ2) is 4.92. The minimum atomic E-state index is -4.08. The van der Waals surface area contributed by atoms with Crippen LogP contribution in [-0.2, 0) is 0 Å². The van der Waals surface area contributed by atoms with Crippen molar-refractivity contribution < 1.29 is 13.2 Å². The number of halogens is 3. The number of rotatable bonds is 3. The van der Waals surface area contributed by atoms with Gasteiger partial charge in [-0.2, -0.15) is 13.2 Å². The largest absolute Gasteiger partial charge is 0.401 e. The lowest BCUT2D eigenvalue weighted by Gasteiger charge is -2.42. The highest BCUT2D eigenvalue weighted by Crippen LogP contribution is 2.27. The van der Waals surface area contributed by atoms with E-state index in [1.165, 1.54) is 19.3 Å². The second-order valence-corrected chi connectivity index (χ2v) is 4.91. The fourth-order valence-corrected chi connectivity index (χ4v) is 2.52. The highest BCUT2D eigenvalue weighted by Gasteiger charge is 2.32. The lowest BCUT2D eigenvalue weighted by molar-refractivity contribution is -0.127. The average molecular weight is 236 g/mol. The zero-order valence-electron chi connectivity index (χ0n) is 9.39. The molecule has 2 nitrogen and oxygen atoms in total. The number of hydrogen-bond donors (Lipinski definition) is 1. The number of nitrogens with zero attached hydrogens (tertiary/aromatic N) is 1. The normalized spacial score (nSPS) is 29.1. The van der Waals surface area contributed by atoms with Gasteiger partial charge < -0.3 is 5.32 Å². The van der Waals surface area contributed by atoms with Crippen molar-refractivity contribution in [2.45, 2.75) is 50.4 Å². The summed E-state index contributed by atoms with van der Waals surface area (Å²) in [5, 5.41) is 2.63.